The molecule has 4 rings (SSSR count). The molecule has 2 aliphatic heterocycles. The molecule has 0 spiro atoms. The standard InChI is InChI=1S/C21H24ClN3O3/c1-15-10-17(22)3-4-18(15)23-21(26)13-25-8-6-24(7-9-25)12-16-2-5-19-20(11-16)28-14-27-19/h2-5,10-11H,6-9,12-14H2,1H3,(H,23,26)/p+2. The molecule has 2 aromatic carbocycles. The van der Waals surface area contributed by atoms with Gasteiger partial charge in [0.05, 0.1) is 0 Å². The molecule has 3 N–H and O–H groups in total. The average Bonchev–Trinajstić information content (AvgIpc) is 3.13. The highest BCUT2D eigenvalue weighted by molar-refractivity contribution is 6.30. The van der Waals surface area contributed by atoms with E-state index in [1.807, 2.05) is 25.1 Å². The zero-order valence-corrected chi connectivity index (χ0v) is 16.8. The van der Waals surface area contributed by atoms with E-state index in [0.29, 0.717) is 18.4 Å². The van der Waals surface area contributed by atoms with Crippen molar-refractivity contribution in [2.24, 2.45) is 0 Å². The Balaban J connectivity index is 1.24. The van der Waals surface area contributed by atoms with Gasteiger partial charge in [-0.2, -0.15) is 0 Å². The molecule has 1 saturated heterocycles. The summed E-state index contributed by atoms with van der Waals surface area (Å²) in [5, 5.41) is 3.69. The number of aryl methyl sites for hydroxylation is 1. The fraction of sp³-hybridized carbons (Fsp3) is 0.381. The molecule has 2 heterocycles. The molecule has 0 saturated carbocycles. The van der Waals surface area contributed by atoms with Crippen molar-refractivity contribution in [2.75, 3.05) is 44.8 Å². The lowest BCUT2D eigenvalue weighted by molar-refractivity contribution is -1.02. The molecule has 7 heteroatoms. The van der Waals surface area contributed by atoms with Crippen LogP contribution in [0.15, 0.2) is 36.4 Å². The van der Waals surface area contributed by atoms with E-state index in [1.165, 1.54) is 15.4 Å². The third-order valence-electron chi connectivity index (χ3n) is 5.43. The number of fused-ring (bicyclic) bond motifs is 1. The van der Waals surface area contributed by atoms with Crippen molar-refractivity contribution in [3.05, 3.63) is 52.5 Å². The second kappa shape index (κ2) is 8.39. The smallest absolute Gasteiger partial charge is 0.279 e. The minimum Gasteiger partial charge on any atom is -0.454 e. The van der Waals surface area contributed by atoms with E-state index >= 15 is 0 Å². The number of rotatable bonds is 5. The molecule has 6 nitrogen and oxygen atoms in total. The quantitative estimate of drug-likeness (QED) is 0.673. The highest BCUT2D eigenvalue weighted by Crippen LogP contribution is 2.32. The van der Waals surface area contributed by atoms with Crippen molar-refractivity contribution >= 4 is 23.2 Å². The zero-order valence-electron chi connectivity index (χ0n) is 16.0. The monoisotopic (exact) mass is 403 g/mol. The van der Waals surface area contributed by atoms with E-state index in [1.54, 1.807) is 6.07 Å². The summed E-state index contributed by atoms with van der Waals surface area (Å²) in [6.07, 6.45) is 0. The Bertz CT molecular complexity index is 866. The minimum absolute atomic E-state index is 0.0552. The Labute approximate surface area is 170 Å². The number of carbonyl (C=O) groups excluding carboxylic acids is 1. The van der Waals surface area contributed by atoms with Gasteiger partial charge in [-0.1, -0.05) is 11.6 Å². The van der Waals surface area contributed by atoms with Crippen LogP contribution < -0.4 is 24.6 Å². The van der Waals surface area contributed by atoms with Gasteiger partial charge in [0.25, 0.3) is 5.91 Å². The number of piperazine rings is 1. The molecule has 0 radical (unpaired) electrons. The molecule has 0 aromatic heterocycles. The summed E-state index contributed by atoms with van der Waals surface area (Å²) >= 11 is 5.98. The summed E-state index contributed by atoms with van der Waals surface area (Å²) < 4.78 is 10.8. The van der Waals surface area contributed by atoms with Crippen LogP contribution in [0.2, 0.25) is 5.02 Å². The van der Waals surface area contributed by atoms with Gasteiger partial charge >= 0.3 is 0 Å². The first-order chi connectivity index (χ1) is 13.6. The molecule has 0 aliphatic carbocycles. The number of ether oxygens (including phenoxy) is 2. The van der Waals surface area contributed by atoms with Gasteiger partial charge in [-0.3, -0.25) is 4.79 Å². The molecule has 2 aliphatic rings. The first-order valence-corrected chi connectivity index (χ1v) is 10.1. The van der Waals surface area contributed by atoms with Crippen molar-refractivity contribution in [3.63, 3.8) is 0 Å². The zero-order chi connectivity index (χ0) is 19.5. The molecule has 2 aromatic rings. The fourth-order valence-corrected chi connectivity index (χ4v) is 4.07. The van der Waals surface area contributed by atoms with Crippen LogP contribution in [-0.4, -0.2) is 45.4 Å². The number of quaternary nitrogens is 2. The van der Waals surface area contributed by atoms with Crippen molar-refractivity contribution in [3.8, 4) is 11.5 Å². The van der Waals surface area contributed by atoms with Gasteiger partial charge in [0, 0.05) is 16.3 Å². The van der Waals surface area contributed by atoms with Crippen LogP contribution in [0.25, 0.3) is 0 Å². The van der Waals surface area contributed by atoms with Gasteiger partial charge in [-0.25, -0.2) is 0 Å². The van der Waals surface area contributed by atoms with Crippen LogP contribution in [0, 0.1) is 6.92 Å². The predicted octanol–water partition coefficient (Wildman–Crippen LogP) is 0.299. The van der Waals surface area contributed by atoms with Crippen molar-refractivity contribution in [2.45, 2.75) is 13.5 Å². The van der Waals surface area contributed by atoms with Crippen LogP contribution in [0.3, 0.4) is 0 Å². The molecule has 0 unspecified atom stereocenters. The van der Waals surface area contributed by atoms with Crippen molar-refractivity contribution in [1.82, 2.24) is 0 Å². The number of carbonyl (C=O) groups is 1. The van der Waals surface area contributed by atoms with Gasteiger partial charge in [-0.05, 0) is 48.9 Å². The lowest BCUT2D eigenvalue weighted by Gasteiger charge is -2.29. The van der Waals surface area contributed by atoms with E-state index in [4.69, 9.17) is 21.1 Å². The molecule has 1 amide bonds. The Kier molecular flexibility index (Phi) is 5.71. The number of hydrogen-bond acceptors (Lipinski definition) is 3. The largest absolute Gasteiger partial charge is 0.454 e. The van der Waals surface area contributed by atoms with Crippen LogP contribution >= 0.6 is 11.6 Å². The summed E-state index contributed by atoms with van der Waals surface area (Å²) in [6, 6.07) is 11.7. The van der Waals surface area contributed by atoms with Crippen molar-refractivity contribution < 1.29 is 24.1 Å². The normalized spacial score (nSPS) is 20.8. The fourth-order valence-electron chi connectivity index (χ4n) is 3.84. The van der Waals surface area contributed by atoms with Gasteiger partial charge < -0.3 is 24.6 Å². The molecule has 28 heavy (non-hydrogen) atoms. The first kappa shape index (κ1) is 19.1. The van der Waals surface area contributed by atoms with Gasteiger partial charge in [0.2, 0.25) is 6.79 Å². The van der Waals surface area contributed by atoms with Crippen LogP contribution in [0.5, 0.6) is 11.5 Å². The second-order valence-corrected chi connectivity index (χ2v) is 7.99. The van der Waals surface area contributed by atoms with Crippen LogP contribution in [-0.2, 0) is 11.3 Å². The van der Waals surface area contributed by atoms with E-state index in [2.05, 4.69) is 17.4 Å². The maximum absolute atomic E-state index is 12.4. The summed E-state index contributed by atoms with van der Waals surface area (Å²) in [5.74, 6) is 1.73. The number of hydrogen-bond donors (Lipinski definition) is 3. The Morgan fingerprint density at radius 3 is 2.57 bits per heavy atom. The van der Waals surface area contributed by atoms with E-state index in [0.717, 1.165) is 55.5 Å². The molecular weight excluding hydrogens is 378 g/mol. The lowest BCUT2D eigenvalue weighted by atomic mass is 10.1. The highest BCUT2D eigenvalue weighted by Gasteiger charge is 2.25. The van der Waals surface area contributed by atoms with Crippen molar-refractivity contribution in [1.29, 1.82) is 0 Å². The molecular formula is C21H26ClN3O3+2. The van der Waals surface area contributed by atoms with Crippen LogP contribution in [0.4, 0.5) is 5.69 Å². The predicted molar refractivity (Wildman–Crippen MR) is 107 cm³/mol. The summed E-state index contributed by atoms with van der Waals surface area (Å²) in [5.41, 5.74) is 3.08. The Morgan fingerprint density at radius 1 is 1.04 bits per heavy atom. The Morgan fingerprint density at radius 2 is 1.79 bits per heavy atom. The maximum atomic E-state index is 12.4. The van der Waals surface area contributed by atoms with Gasteiger partial charge in [-0.15, -0.1) is 0 Å². The summed E-state index contributed by atoms with van der Waals surface area (Å²) in [6.45, 7) is 7.82. The third kappa shape index (κ3) is 4.58. The van der Waals surface area contributed by atoms with E-state index in [-0.39, 0.29) is 5.91 Å². The van der Waals surface area contributed by atoms with Gasteiger partial charge in [0.15, 0.2) is 18.0 Å². The first-order valence-electron chi connectivity index (χ1n) is 9.68. The lowest BCUT2D eigenvalue weighted by Crippen LogP contribution is -3.28. The van der Waals surface area contributed by atoms with E-state index < -0.39 is 0 Å². The molecule has 0 atom stereocenters. The van der Waals surface area contributed by atoms with E-state index in [9.17, 15) is 4.79 Å². The number of anilines is 1. The van der Waals surface area contributed by atoms with Crippen LogP contribution in [0.1, 0.15) is 11.1 Å². The minimum atomic E-state index is 0.0552. The summed E-state index contributed by atoms with van der Waals surface area (Å²) in [7, 11) is 0. The third-order valence-corrected chi connectivity index (χ3v) is 5.66. The SMILES string of the molecule is Cc1cc(Cl)ccc1NC(=O)C[NH+]1CC[NH+](Cc2ccc3c(c2)OCO3)CC1. The summed E-state index contributed by atoms with van der Waals surface area (Å²) in [4.78, 5) is 15.3. The molecule has 1 fully saturated rings. The second-order valence-electron chi connectivity index (χ2n) is 7.55. The molecule has 0 bridgehead atoms. The number of amides is 1. The number of benzene rings is 2. The van der Waals surface area contributed by atoms with Gasteiger partial charge in [0.1, 0.15) is 32.7 Å². The average molecular weight is 404 g/mol. The Hall–Kier alpha value is -2.28. The topological polar surface area (TPSA) is 56.4 Å². The highest BCUT2D eigenvalue weighted by atomic mass is 35.5. The number of nitrogens with one attached hydrogen (secondary N) is 3. The number of halogens is 1. The molecule has 148 valence electrons. The maximum Gasteiger partial charge on any atom is 0.279 e.